The number of likely N-dealkylation sites (N-methyl/N-ethyl adjacent to an activating group) is 1. The quantitative estimate of drug-likeness (QED) is 0.234. The molecule has 1 aromatic heterocycles. The summed E-state index contributed by atoms with van der Waals surface area (Å²) < 4.78 is 72.4. The molecule has 3 aliphatic heterocycles. The van der Waals surface area contributed by atoms with Gasteiger partial charge in [0.1, 0.15) is 35.7 Å². The van der Waals surface area contributed by atoms with E-state index in [2.05, 4.69) is 15.0 Å². The molecular weight excluding hydrogens is 602 g/mol. The molecule has 3 aliphatic rings. The van der Waals surface area contributed by atoms with E-state index in [0.29, 0.717) is 69.4 Å². The molecule has 0 amide bonds. The first-order valence-electron chi connectivity index (χ1n) is 14.2. The number of benzene rings is 1. The molecule has 0 aliphatic carbocycles. The third-order valence-corrected chi connectivity index (χ3v) is 11.3. The number of rotatable bonds is 12. The zero-order chi connectivity index (χ0) is 30.7. The molecule has 1 unspecified atom stereocenters. The highest BCUT2D eigenvalue weighted by Gasteiger charge is 2.45. The summed E-state index contributed by atoms with van der Waals surface area (Å²) in [5.74, 6) is 0.731. The predicted octanol–water partition coefficient (Wildman–Crippen LogP) is -0.477. The first-order chi connectivity index (χ1) is 20.5. The average molecular weight is 642 g/mol. The van der Waals surface area contributed by atoms with Gasteiger partial charge < -0.3 is 34.6 Å². The summed E-state index contributed by atoms with van der Waals surface area (Å²) in [6.07, 6.45) is 2.31. The van der Waals surface area contributed by atoms with E-state index in [4.69, 9.17) is 19.3 Å². The SMILES string of the molecule is CN1CCOc2ncc(S(=O)(=O)N3CCC4(CC3)C[C@@H](NCC(O)COc3cccc(S(=O)(=O)NCCO)c3)CO4)cc21. The number of aliphatic hydroxyl groups is 2. The van der Waals surface area contributed by atoms with Crippen molar-refractivity contribution in [3.05, 3.63) is 36.5 Å². The second-order valence-corrected chi connectivity index (χ2v) is 14.7. The molecule has 4 heterocycles. The van der Waals surface area contributed by atoms with Crippen molar-refractivity contribution >= 4 is 25.7 Å². The minimum Gasteiger partial charge on any atom is -0.491 e. The number of hydrogen-bond donors (Lipinski definition) is 4. The number of sulfonamides is 2. The summed E-state index contributed by atoms with van der Waals surface area (Å²) in [7, 11) is -5.61. The third-order valence-electron chi connectivity index (χ3n) is 7.97. The minimum atomic E-state index is -3.77. The fraction of sp³-hybridized carbons (Fsp3) is 0.593. The number of ether oxygens (including phenoxy) is 3. The summed E-state index contributed by atoms with van der Waals surface area (Å²) >= 11 is 0. The molecule has 1 spiro atoms. The van der Waals surface area contributed by atoms with E-state index in [1.807, 2.05) is 11.9 Å². The molecule has 238 valence electrons. The second kappa shape index (κ2) is 13.2. The van der Waals surface area contributed by atoms with Crippen molar-refractivity contribution in [3.63, 3.8) is 0 Å². The Labute approximate surface area is 252 Å². The van der Waals surface area contributed by atoms with Crippen LogP contribution in [0.1, 0.15) is 19.3 Å². The van der Waals surface area contributed by atoms with Crippen LogP contribution in [-0.2, 0) is 24.8 Å². The molecule has 0 bridgehead atoms. The maximum absolute atomic E-state index is 13.4. The summed E-state index contributed by atoms with van der Waals surface area (Å²) in [4.78, 5) is 6.31. The van der Waals surface area contributed by atoms with E-state index in [1.54, 1.807) is 12.1 Å². The highest BCUT2D eigenvalue weighted by molar-refractivity contribution is 7.89. The van der Waals surface area contributed by atoms with Gasteiger partial charge in [0.25, 0.3) is 0 Å². The van der Waals surface area contributed by atoms with Gasteiger partial charge in [0, 0.05) is 45.3 Å². The third kappa shape index (κ3) is 7.39. The van der Waals surface area contributed by atoms with E-state index in [-0.39, 0.29) is 42.1 Å². The van der Waals surface area contributed by atoms with E-state index in [9.17, 15) is 21.9 Å². The van der Waals surface area contributed by atoms with Crippen LogP contribution < -0.4 is 24.4 Å². The van der Waals surface area contributed by atoms with Crippen molar-refractivity contribution in [2.45, 2.75) is 46.8 Å². The Bertz CT molecular complexity index is 1480. The number of fused-ring (bicyclic) bond motifs is 1. The van der Waals surface area contributed by atoms with Gasteiger partial charge in [0.15, 0.2) is 0 Å². The van der Waals surface area contributed by atoms with Crippen LogP contribution in [0.4, 0.5) is 5.69 Å². The first kappa shape index (κ1) is 31.8. The lowest BCUT2D eigenvalue weighted by Crippen LogP contribution is -2.47. The Balaban J connectivity index is 1.08. The van der Waals surface area contributed by atoms with Crippen LogP contribution in [0.2, 0.25) is 0 Å². The molecule has 2 fully saturated rings. The minimum absolute atomic E-state index is 0.000121. The molecular formula is C27H39N5O9S2. The fourth-order valence-corrected chi connectivity index (χ4v) is 7.97. The second-order valence-electron chi connectivity index (χ2n) is 11.0. The normalized spacial score (nSPS) is 21.4. The van der Waals surface area contributed by atoms with Crippen LogP contribution in [-0.4, -0.2) is 120 Å². The standard InChI is InChI=1S/C27H39N5O9S2/c1-31-10-12-39-26-25(31)14-24(17-29-26)43(37,38)32-8-5-27(6-9-32)15-20(18-41-27)28-16-21(34)19-40-22-3-2-4-23(13-22)42(35,36)30-7-11-33/h2-4,13-14,17,20-21,28,30,33-34H,5-12,15-16,18-19H2,1H3/t20-,21?/m1/s1. The number of nitrogens with one attached hydrogen (secondary N) is 2. The number of aliphatic hydroxyl groups excluding tert-OH is 2. The molecule has 4 N–H and O–H groups in total. The topological polar surface area (TPSA) is 180 Å². The zero-order valence-electron chi connectivity index (χ0n) is 24.0. The van der Waals surface area contributed by atoms with E-state index < -0.39 is 31.8 Å². The Morgan fingerprint density at radius 1 is 1.16 bits per heavy atom. The maximum atomic E-state index is 13.4. The van der Waals surface area contributed by atoms with Crippen LogP contribution in [0, 0.1) is 0 Å². The lowest BCUT2D eigenvalue weighted by Gasteiger charge is -2.38. The van der Waals surface area contributed by atoms with Crippen LogP contribution >= 0.6 is 0 Å². The lowest BCUT2D eigenvalue weighted by molar-refractivity contribution is -0.0312. The number of aromatic nitrogens is 1. The summed E-state index contributed by atoms with van der Waals surface area (Å²) in [6, 6.07) is 7.52. The Morgan fingerprint density at radius 2 is 1.95 bits per heavy atom. The Kier molecular flexibility index (Phi) is 9.77. The number of hydrogen-bond acceptors (Lipinski definition) is 12. The van der Waals surface area contributed by atoms with Gasteiger partial charge in [-0.2, -0.15) is 4.31 Å². The highest BCUT2D eigenvalue weighted by atomic mass is 32.2. The lowest BCUT2D eigenvalue weighted by atomic mass is 9.88. The van der Waals surface area contributed by atoms with Crippen molar-refractivity contribution < 1.29 is 41.3 Å². The molecule has 2 atom stereocenters. The van der Waals surface area contributed by atoms with Crippen LogP contribution in [0.15, 0.2) is 46.3 Å². The van der Waals surface area contributed by atoms with E-state index in [0.717, 1.165) is 0 Å². The average Bonchev–Trinajstić information content (AvgIpc) is 3.40. The largest absolute Gasteiger partial charge is 0.491 e. The van der Waals surface area contributed by atoms with Gasteiger partial charge in [-0.25, -0.2) is 26.5 Å². The molecule has 1 aromatic carbocycles. The van der Waals surface area contributed by atoms with Crippen LogP contribution in [0.25, 0.3) is 0 Å². The van der Waals surface area contributed by atoms with Crippen molar-refractivity contribution in [3.8, 4) is 11.6 Å². The molecule has 43 heavy (non-hydrogen) atoms. The van der Waals surface area contributed by atoms with Gasteiger partial charge in [0.2, 0.25) is 25.9 Å². The van der Waals surface area contributed by atoms with Gasteiger partial charge in [-0.15, -0.1) is 0 Å². The van der Waals surface area contributed by atoms with Crippen molar-refractivity contribution in [2.75, 3.05) is 71.1 Å². The number of anilines is 1. The maximum Gasteiger partial charge on any atom is 0.244 e. The summed E-state index contributed by atoms with van der Waals surface area (Å²) in [5, 5.41) is 22.6. The van der Waals surface area contributed by atoms with Gasteiger partial charge in [0.05, 0.1) is 36.5 Å². The monoisotopic (exact) mass is 641 g/mol. The molecule has 5 rings (SSSR count). The van der Waals surface area contributed by atoms with Crippen LogP contribution in [0.5, 0.6) is 11.6 Å². The van der Waals surface area contributed by atoms with Gasteiger partial charge in [-0.3, -0.25) is 0 Å². The molecule has 0 radical (unpaired) electrons. The fourth-order valence-electron chi connectivity index (χ4n) is 5.50. The molecule has 0 saturated carbocycles. The highest BCUT2D eigenvalue weighted by Crippen LogP contribution is 2.38. The van der Waals surface area contributed by atoms with Crippen molar-refractivity contribution in [1.82, 2.24) is 19.3 Å². The van der Waals surface area contributed by atoms with E-state index >= 15 is 0 Å². The smallest absolute Gasteiger partial charge is 0.244 e. The Morgan fingerprint density at radius 3 is 2.72 bits per heavy atom. The molecule has 16 heteroatoms. The van der Waals surface area contributed by atoms with Gasteiger partial charge in [-0.05, 0) is 37.5 Å². The number of piperidine rings is 1. The van der Waals surface area contributed by atoms with Crippen LogP contribution in [0.3, 0.4) is 0 Å². The molecule has 14 nitrogen and oxygen atoms in total. The zero-order valence-corrected chi connectivity index (χ0v) is 25.6. The number of pyridine rings is 1. The number of nitrogens with zero attached hydrogens (tertiary/aromatic N) is 3. The molecule has 2 saturated heterocycles. The first-order valence-corrected chi connectivity index (χ1v) is 17.2. The van der Waals surface area contributed by atoms with E-state index in [1.165, 1.54) is 28.7 Å². The Hall–Kier alpha value is -2.57. The van der Waals surface area contributed by atoms with Crippen molar-refractivity contribution in [1.29, 1.82) is 0 Å². The van der Waals surface area contributed by atoms with Crippen molar-refractivity contribution in [2.24, 2.45) is 0 Å². The summed E-state index contributed by atoms with van der Waals surface area (Å²) in [6.45, 7) is 2.06. The molecule has 2 aromatic rings. The predicted molar refractivity (Wildman–Crippen MR) is 156 cm³/mol. The van der Waals surface area contributed by atoms with Gasteiger partial charge >= 0.3 is 0 Å². The van der Waals surface area contributed by atoms with Gasteiger partial charge in [-0.1, -0.05) is 6.07 Å². The summed E-state index contributed by atoms with van der Waals surface area (Å²) in [5.41, 5.74) is 0.234.